The summed E-state index contributed by atoms with van der Waals surface area (Å²) in [5.41, 5.74) is 5.23. The van der Waals surface area contributed by atoms with Crippen LogP contribution in [-0.4, -0.2) is 18.0 Å². The van der Waals surface area contributed by atoms with Gasteiger partial charge in [-0.2, -0.15) is 0 Å². The van der Waals surface area contributed by atoms with Gasteiger partial charge in [0.15, 0.2) is 11.5 Å². The Labute approximate surface area is 169 Å². The van der Waals surface area contributed by atoms with Gasteiger partial charge in [-0.05, 0) is 53.9 Å². The number of fused-ring (bicyclic) bond motifs is 1. The van der Waals surface area contributed by atoms with Gasteiger partial charge in [-0.3, -0.25) is 4.79 Å². The Morgan fingerprint density at radius 1 is 1.07 bits per heavy atom. The molecule has 0 saturated carbocycles. The third-order valence-electron chi connectivity index (χ3n) is 4.91. The zero-order chi connectivity index (χ0) is 20.2. The van der Waals surface area contributed by atoms with E-state index in [2.05, 4.69) is 10.3 Å². The topological polar surface area (TPSA) is 64.4 Å². The first-order valence-corrected chi connectivity index (χ1v) is 9.47. The molecule has 5 heteroatoms. The van der Waals surface area contributed by atoms with E-state index in [0.29, 0.717) is 30.0 Å². The smallest absolute Gasteiger partial charge is 0.251 e. The van der Waals surface area contributed by atoms with Crippen molar-refractivity contribution in [3.8, 4) is 5.75 Å². The number of hydrogen-bond donors (Lipinski definition) is 1. The molecule has 0 spiro atoms. The molecule has 0 radical (unpaired) electrons. The number of nitrogens with zero attached hydrogens (tertiary/aromatic N) is 1. The Bertz CT molecular complexity index is 1150. The molecule has 0 aliphatic heterocycles. The molecule has 1 heterocycles. The number of hydrogen-bond acceptors (Lipinski definition) is 4. The number of nitrogens with one attached hydrogen (secondary N) is 1. The highest BCUT2D eigenvalue weighted by Crippen LogP contribution is 2.21. The molecule has 3 aromatic carbocycles. The van der Waals surface area contributed by atoms with Gasteiger partial charge in [-0.25, -0.2) is 4.98 Å². The van der Waals surface area contributed by atoms with Crippen LogP contribution in [-0.2, 0) is 13.0 Å². The maximum absolute atomic E-state index is 12.5. The Morgan fingerprint density at radius 2 is 1.86 bits per heavy atom. The molecule has 0 atom stereocenters. The maximum Gasteiger partial charge on any atom is 0.251 e. The average molecular weight is 386 g/mol. The summed E-state index contributed by atoms with van der Waals surface area (Å²) in [6.07, 6.45) is 0.577. The third-order valence-corrected chi connectivity index (χ3v) is 4.91. The molecular weight excluding hydrogens is 364 g/mol. The summed E-state index contributed by atoms with van der Waals surface area (Å²) in [6.45, 7) is 2.52. The van der Waals surface area contributed by atoms with E-state index in [1.54, 1.807) is 19.2 Å². The van der Waals surface area contributed by atoms with Crippen LogP contribution < -0.4 is 10.1 Å². The normalized spacial score (nSPS) is 10.8. The number of ether oxygens (including phenoxy) is 1. The highest BCUT2D eigenvalue weighted by atomic mass is 16.5. The van der Waals surface area contributed by atoms with E-state index in [-0.39, 0.29) is 5.91 Å². The summed E-state index contributed by atoms with van der Waals surface area (Å²) in [5.74, 6) is 1.29. The van der Waals surface area contributed by atoms with Crippen LogP contribution >= 0.6 is 0 Å². The second-order valence-electron chi connectivity index (χ2n) is 6.92. The minimum Gasteiger partial charge on any atom is -0.497 e. The lowest BCUT2D eigenvalue weighted by Gasteiger charge is -2.07. The number of amides is 1. The number of benzene rings is 3. The number of carbonyl (C=O) groups is 1. The van der Waals surface area contributed by atoms with Gasteiger partial charge in [0.2, 0.25) is 0 Å². The molecule has 0 unspecified atom stereocenters. The average Bonchev–Trinajstić information content (AvgIpc) is 3.15. The lowest BCUT2D eigenvalue weighted by molar-refractivity contribution is 0.0951. The second-order valence-corrected chi connectivity index (χ2v) is 6.92. The summed E-state index contributed by atoms with van der Waals surface area (Å²) < 4.78 is 11.1. The highest BCUT2D eigenvalue weighted by Gasteiger charge is 2.12. The molecule has 1 N–H and O–H groups in total. The fourth-order valence-corrected chi connectivity index (χ4v) is 3.19. The lowest BCUT2D eigenvalue weighted by Crippen LogP contribution is -2.23. The zero-order valence-corrected chi connectivity index (χ0v) is 16.4. The Morgan fingerprint density at radius 3 is 2.62 bits per heavy atom. The van der Waals surface area contributed by atoms with Crippen LogP contribution in [0.4, 0.5) is 0 Å². The summed E-state index contributed by atoms with van der Waals surface area (Å²) >= 11 is 0. The van der Waals surface area contributed by atoms with Crippen molar-refractivity contribution in [2.45, 2.75) is 19.9 Å². The van der Waals surface area contributed by atoms with E-state index in [9.17, 15) is 4.79 Å². The van der Waals surface area contributed by atoms with Crippen molar-refractivity contribution in [2.24, 2.45) is 0 Å². The van der Waals surface area contributed by atoms with Crippen LogP contribution in [0.1, 0.15) is 32.9 Å². The SMILES string of the molecule is COc1ccc(Cc2nc3ccc(C(=O)NCc4ccccc4C)cc3o2)cc1. The third kappa shape index (κ3) is 4.29. The Kier molecular flexibility index (Phi) is 5.29. The predicted molar refractivity (Wildman–Crippen MR) is 112 cm³/mol. The summed E-state index contributed by atoms with van der Waals surface area (Å²) in [6, 6.07) is 21.1. The molecule has 29 heavy (non-hydrogen) atoms. The molecule has 0 aliphatic rings. The molecule has 4 aromatic rings. The molecule has 1 aromatic heterocycles. The number of methoxy groups -OCH3 is 1. The zero-order valence-electron chi connectivity index (χ0n) is 16.4. The van der Waals surface area contributed by atoms with Crippen LogP contribution in [0.25, 0.3) is 11.1 Å². The summed E-state index contributed by atoms with van der Waals surface area (Å²) in [7, 11) is 1.64. The molecule has 0 aliphatic carbocycles. The van der Waals surface area contributed by atoms with Crippen molar-refractivity contribution in [3.63, 3.8) is 0 Å². The number of oxazole rings is 1. The number of rotatable bonds is 6. The van der Waals surface area contributed by atoms with Gasteiger partial charge in [0, 0.05) is 18.5 Å². The van der Waals surface area contributed by atoms with E-state index in [4.69, 9.17) is 9.15 Å². The first-order chi connectivity index (χ1) is 14.1. The number of aromatic nitrogens is 1. The molecule has 146 valence electrons. The monoisotopic (exact) mass is 386 g/mol. The van der Waals surface area contributed by atoms with Gasteiger partial charge in [0.05, 0.1) is 7.11 Å². The van der Waals surface area contributed by atoms with Crippen LogP contribution in [0.3, 0.4) is 0 Å². The van der Waals surface area contributed by atoms with E-state index in [1.165, 1.54) is 0 Å². The fourth-order valence-electron chi connectivity index (χ4n) is 3.19. The first kappa shape index (κ1) is 18.7. The van der Waals surface area contributed by atoms with Crippen LogP contribution in [0.2, 0.25) is 0 Å². The standard InChI is InChI=1S/C24H22N2O3/c1-16-5-3-4-6-19(16)15-25-24(27)18-9-12-21-22(14-18)29-23(26-21)13-17-7-10-20(28-2)11-8-17/h3-12,14H,13,15H2,1-2H3,(H,25,27). The number of carbonyl (C=O) groups excluding carboxylic acids is 1. The maximum atomic E-state index is 12.5. The molecular formula is C24H22N2O3. The largest absolute Gasteiger partial charge is 0.497 e. The Hall–Kier alpha value is -3.60. The minimum atomic E-state index is -0.136. The number of aryl methyl sites for hydroxylation is 1. The molecule has 4 rings (SSSR count). The Balaban J connectivity index is 1.47. The molecule has 5 nitrogen and oxygen atoms in total. The quantitative estimate of drug-likeness (QED) is 0.523. The van der Waals surface area contributed by atoms with E-state index in [1.807, 2.05) is 61.5 Å². The van der Waals surface area contributed by atoms with Crippen molar-refractivity contribution >= 4 is 17.0 Å². The van der Waals surface area contributed by atoms with Crippen LogP contribution in [0, 0.1) is 6.92 Å². The van der Waals surface area contributed by atoms with Gasteiger partial charge < -0.3 is 14.5 Å². The van der Waals surface area contributed by atoms with Crippen molar-refractivity contribution < 1.29 is 13.9 Å². The van der Waals surface area contributed by atoms with Gasteiger partial charge >= 0.3 is 0 Å². The highest BCUT2D eigenvalue weighted by molar-refractivity contribution is 5.97. The fraction of sp³-hybridized carbons (Fsp3) is 0.167. The van der Waals surface area contributed by atoms with Gasteiger partial charge in [0.25, 0.3) is 5.91 Å². The lowest BCUT2D eigenvalue weighted by atomic mass is 10.1. The van der Waals surface area contributed by atoms with Crippen molar-refractivity contribution in [1.29, 1.82) is 0 Å². The molecule has 1 amide bonds. The molecule has 0 bridgehead atoms. The van der Waals surface area contributed by atoms with Crippen molar-refractivity contribution in [2.75, 3.05) is 7.11 Å². The van der Waals surface area contributed by atoms with E-state index < -0.39 is 0 Å². The van der Waals surface area contributed by atoms with Crippen molar-refractivity contribution in [1.82, 2.24) is 10.3 Å². The first-order valence-electron chi connectivity index (χ1n) is 9.47. The van der Waals surface area contributed by atoms with Gasteiger partial charge in [-0.15, -0.1) is 0 Å². The van der Waals surface area contributed by atoms with E-state index in [0.717, 1.165) is 28.0 Å². The second kappa shape index (κ2) is 8.19. The van der Waals surface area contributed by atoms with Crippen LogP contribution in [0.15, 0.2) is 71.1 Å². The van der Waals surface area contributed by atoms with Crippen molar-refractivity contribution in [3.05, 3.63) is 94.9 Å². The molecule has 0 fully saturated rings. The summed E-state index contributed by atoms with van der Waals surface area (Å²) in [5, 5.41) is 2.97. The minimum absolute atomic E-state index is 0.136. The predicted octanol–water partition coefficient (Wildman–Crippen LogP) is 4.67. The van der Waals surface area contributed by atoms with E-state index >= 15 is 0 Å². The van der Waals surface area contributed by atoms with Crippen LogP contribution in [0.5, 0.6) is 5.75 Å². The molecule has 0 saturated heterocycles. The van der Waals surface area contributed by atoms with Gasteiger partial charge in [-0.1, -0.05) is 36.4 Å². The van der Waals surface area contributed by atoms with Gasteiger partial charge in [0.1, 0.15) is 11.3 Å². The summed E-state index contributed by atoms with van der Waals surface area (Å²) in [4.78, 5) is 17.1.